The van der Waals surface area contributed by atoms with Crippen LogP contribution in [0.2, 0.25) is 0 Å². The second-order valence-corrected chi connectivity index (χ2v) is 7.98. The molecule has 0 spiro atoms. The molecule has 2 amide bonds. The second kappa shape index (κ2) is 8.49. The summed E-state index contributed by atoms with van der Waals surface area (Å²) < 4.78 is 5.56. The van der Waals surface area contributed by atoms with Crippen molar-refractivity contribution >= 4 is 34.5 Å². The Morgan fingerprint density at radius 2 is 2.03 bits per heavy atom. The van der Waals surface area contributed by atoms with E-state index in [2.05, 4.69) is 5.32 Å². The molecule has 6 heteroatoms. The van der Waals surface area contributed by atoms with Crippen molar-refractivity contribution in [2.24, 2.45) is 0 Å². The number of hydrogen-bond donors (Lipinski definition) is 1. The van der Waals surface area contributed by atoms with Crippen LogP contribution in [0.3, 0.4) is 0 Å². The van der Waals surface area contributed by atoms with Crippen LogP contribution in [0.5, 0.6) is 5.75 Å². The molecule has 29 heavy (non-hydrogen) atoms. The van der Waals surface area contributed by atoms with Gasteiger partial charge in [0, 0.05) is 17.9 Å². The summed E-state index contributed by atoms with van der Waals surface area (Å²) in [5, 5.41) is 4.80. The third kappa shape index (κ3) is 4.49. The summed E-state index contributed by atoms with van der Waals surface area (Å²) in [6.45, 7) is 2.63. The summed E-state index contributed by atoms with van der Waals surface area (Å²) in [7, 11) is 0. The predicted molar refractivity (Wildman–Crippen MR) is 116 cm³/mol. The van der Waals surface area contributed by atoms with Crippen molar-refractivity contribution in [3.05, 3.63) is 76.0 Å². The number of nitrogens with zero attached hydrogens (tertiary/aromatic N) is 1. The Morgan fingerprint density at radius 3 is 2.83 bits per heavy atom. The van der Waals surface area contributed by atoms with E-state index >= 15 is 0 Å². The topological polar surface area (TPSA) is 58.6 Å². The lowest BCUT2D eigenvalue weighted by atomic mass is 10.0. The van der Waals surface area contributed by atoms with Gasteiger partial charge in [0.05, 0.1) is 4.88 Å². The van der Waals surface area contributed by atoms with Gasteiger partial charge < -0.3 is 15.0 Å². The van der Waals surface area contributed by atoms with Crippen molar-refractivity contribution in [2.45, 2.75) is 19.8 Å². The molecule has 1 aliphatic heterocycles. The number of hydrogen-bond acceptors (Lipinski definition) is 4. The SMILES string of the molecule is Cc1cccc(OCC(=O)Nc2ccc3c(c2)CCCN3C(=O)c2cccs2)c1. The first-order chi connectivity index (χ1) is 14.1. The lowest BCUT2D eigenvalue weighted by molar-refractivity contribution is -0.118. The number of amides is 2. The molecule has 4 rings (SSSR count). The van der Waals surface area contributed by atoms with Crippen molar-refractivity contribution in [3.8, 4) is 5.75 Å². The summed E-state index contributed by atoms with van der Waals surface area (Å²) >= 11 is 1.45. The molecule has 2 aromatic carbocycles. The number of anilines is 2. The molecule has 3 aromatic rings. The number of benzene rings is 2. The van der Waals surface area contributed by atoms with E-state index in [-0.39, 0.29) is 18.4 Å². The Kier molecular flexibility index (Phi) is 5.62. The molecule has 0 saturated carbocycles. The van der Waals surface area contributed by atoms with E-state index in [4.69, 9.17) is 4.74 Å². The highest BCUT2D eigenvalue weighted by Gasteiger charge is 2.24. The molecule has 0 aliphatic carbocycles. The number of aryl methyl sites for hydroxylation is 2. The molecular weight excluding hydrogens is 384 g/mol. The average molecular weight is 407 g/mol. The Bertz CT molecular complexity index is 1030. The van der Waals surface area contributed by atoms with Crippen molar-refractivity contribution < 1.29 is 14.3 Å². The van der Waals surface area contributed by atoms with Crippen LogP contribution in [-0.2, 0) is 11.2 Å². The number of carbonyl (C=O) groups excluding carboxylic acids is 2. The zero-order valence-electron chi connectivity index (χ0n) is 16.2. The minimum atomic E-state index is -0.214. The molecule has 0 atom stereocenters. The summed E-state index contributed by atoms with van der Waals surface area (Å²) in [6.07, 6.45) is 1.78. The molecule has 0 fully saturated rings. The van der Waals surface area contributed by atoms with Crippen LogP contribution < -0.4 is 15.0 Å². The zero-order chi connectivity index (χ0) is 20.2. The first-order valence-electron chi connectivity index (χ1n) is 9.58. The van der Waals surface area contributed by atoms with Crippen LogP contribution in [0.1, 0.15) is 27.2 Å². The van der Waals surface area contributed by atoms with Crippen molar-refractivity contribution in [3.63, 3.8) is 0 Å². The minimum absolute atomic E-state index is 0.0318. The Balaban J connectivity index is 1.42. The van der Waals surface area contributed by atoms with Gasteiger partial charge in [-0.2, -0.15) is 0 Å². The maximum absolute atomic E-state index is 12.8. The first-order valence-corrected chi connectivity index (χ1v) is 10.5. The highest BCUT2D eigenvalue weighted by molar-refractivity contribution is 7.12. The van der Waals surface area contributed by atoms with Crippen LogP contribution in [0.15, 0.2) is 60.0 Å². The zero-order valence-corrected chi connectivity index (χ0v) is 17.0. The van der Waals surface area contributed by atoms with Crippen LogP contribution in [0.25, 0.3) is 0 Å². The van der Waals surface area contributed by atoms with E-state index < -0.39 is 0 Å². The van der Waals surface area contributed by atoms with E-state index in [1.807, 2.05) is 71.8 Å². The number of fused-ring (bicyclic) bond motifs is 1. The second-order valence-electron chi connectivity index (χ2n) is 7.03. The maximum Gasteiger partial charge on any atom is 0.268 e. The van der Waals surface area contributed by atoms with Gasteiger partial charge in [0.15, 0.2) is 6.61 Å². The van der Waals surface area contributed by atoms with Gasteiger partial charge in [-0.25, -0.2) is 0 Å². The summed E-state index contributed by atoms with van der Waals surface area (Å²) in [5.41, 5.74) is 3.79. The monoisotopic (exact) mass is 406 g/mol. The van der Waals surface area contributed by atoms with Gasteiger partial charge in [0.25, 0.3) is 11.8 Å². The smallest absolute Gasteiger partial charge is 0.268 e. The van der Waals surface area contributed by atoms with E-state index in [1.165, 1.54) is 11.3 Å². The third-order valence-corrected chi connectivity index (χ3v) is 5.68. The number of carbonyl (C=O) groups is 2. The molecule has 148 valence electrons. The quantitative estimate of drug-likeness (QED) is 0.670. The number of rotatable bonds is 5. The first kappa shape index (κ1) is 19.2. The molecule has 0 unspecified atom stereocenters. The Labute approximate surface area is 173 Å². The van der Waals surface area contributed by atoms with Crippen LogP contribution >= 0.6 is 11.3 Å². The third-order valence-electron chi connectivity index (χ3n) is 4.82. The van der Waals surface area contributed by atoms with E-state index in [0.717, 1.165) is 34.5 Å². The highest BCUT2D eigenvalue weighted by Crippen LogP contribution is 2.31. The number of nitrogens with one attached hydrogen (secondary N) is 1. The van der Waals surface area contributed by atoms with E-state index in [9.17, 15) is 9.59 Å². The summed E-state index contributed by atoms with van der Waals surface area (Å²) in [5.74, 6) is 0.492. The predicted octanol–water partition coefficient (Wildman–Crippen LogP) is 4.67. The molecule has 1 N–H and O–H groups in total. The number of thiophene rings is 1. The molecule has 0 saturated heterocycles. The fourth-order valence-electron chi connectivity index (χ4n) is 3.47. The summed E-state index contributed by atoms with van der Waals surface area (Å²) in [4.78, 5) is 27.6. The van der Waals surface area contributed by atoms with E-state index in [1.54, 1.807) is 0 Å². The normalized spacial score (nSPS) is 12.9. The largest absolute Gasteiger partial charge is 0.484 e. The van der Waals surface area contributed by atoms with Crippen molar-refractivity contribution in [2.75, 3.05) is 23.4 Å². The Morgan fingerprint density at radius 1 is 1.14 bits per heavy atom. The molecule has 1 aliphatic rings. The van der Waals surface area contributed by atoms with Gasteiger partial charge in [-0.3, -0.25) is 9.59 Å². The van der Waals surface area contributed by atoms with Crippen LogP contribution in [0, 0.1) is 6.92 Å². The molecule has 2 heterocycles. The maximum atomic E-state index is 12.8. The lowest BCUT2D eigenvalue weighted by Gasteiger charge is -2.29. The molecule has 0 radical (unpaired) electrons. The fraction of sp³-hybridized carbons (Fsp3) is 0.217. The van der Waals surface area contributed by atoms with Gasteiger partial charge in [-0.15, -0.1) is 11.3 Å². The average Bonchev–Trinajstić information content (AvgIpc) is 3.26. The molecular formula is C23H22N2O3S. The van der Waals surface area contributed by atoms with Crippen LogP contribution in [-0.4, -0.2) is 25.0 Å². The van der Waals surface area contributed by atoms with Gasteiger partial charge in [0.2, 0.25) is 0 Å². The molecule has 5 nitrogen and oxygen atoms in total. The lowest BCUT2D eigenvalue weighted by Crippen LogP contribution is -2.35. The summed E-state index contributed by atoms with van der Waals surface area (Å²) in [6, 6.07) is 17.0. The highest BCUT2D eigenvalue weighted by atomic mass is 32.1. The number of ether oxygens (including phenoxy) is 1. The minimum Gasteiger partial charge on any atom is -0.484 e. The van der Waals surface area contributed by atoms with Crippen molar-refractivity contribution in [1.29, 1.82) is 0 Å². The van der Waals surface area contributed by atoms with Gasteiger partial charge in [0.1, 0.15) is 5.75 Å². The molecule has 0 bridgehead atoms. The fourth-order valence-corrected chi connectivity index (χ4v) is 4.14. The van der Waals surface area contributed by atoms with Gasteiger partial charge >= 0.3 is 0 Å². The van der Waals surface area contributed by atoms with Gasteiger partial charge in [-0.1, -0.05) is 18.2 Å². The van der Waals surface area contributed by atoms with Crippen molar-refractivity contribution in [1.82, 2.24) is 0 Å². The van der Waals surface area contributed by atoms with Gasteiger partial charge in [-0.05, 0) is 72.7 Å². The van der Waals surface area contributed by atoms with E-state index in [0.29, 0.717) is 18.0 Å². The standard InChI is InChI=1S/C23H22N2O3S/c1-16-5-2-7-19(13-16)28-15-22(26)24-18-9-10-20-17(14-18)6-3-11-25(20)23(27)21-8-4-12-29-21/h2,4-5,7-10,12-14H,3,6,11,15H2,1H3,(H,24,26). The Hall–Kier alpha value is -3.12. The molecule has 1 aromatic heterocycles. The van der Waals surface area contributed by atoms with Crippen LogP contribution in [0.4, 0.5) is 11.4 Å².